The van der Waals surface area contributed by atoms with Gasteiger partial charge in [0.05, 0.1) is 4.92 Å². The predicted octanol–water partition coefficient (Wildman–Crippen LogP) is 4.86. The molecule has 3 nitrogen and oxygen atoms in total. The number of halogens is 3. The van der Waals surface area contributed by atoms with Crippen LogP contribution in [0.3, 0.4) is 0 Å². The van der Waals surface area contributed by atoms with Crippen LogP contribution in [0.2, 0.25) is 0 Å². The first-order chi connectivity index (χ1) is 9.90. The molecule has 0 bridgehead atoms. The highest BCUT2D eigenvalue weighted by atomic mass is 79.9. The molecule has 1 unspecified atom stereocenters. The van der Waals surface area contributed by atoms with Crippen molar-refractivity contribution in [1.29, 1.82) is 0 Å². The number of nitro groups is 1. The van der Waals surface area contributed by atoms with E-state index in [-0.39, 0.29) is 11.3 Å². The molecule has 21 heavy (non-hydrogen) atoms. The maximum Gasteiger partial charge on any atom is 0.269 e. The minimum absolute atomic E-state index is 0.0159. The van der Waals surface area contributed by atoms with Gasteiger partial charge in [0.2, 0.25) is 0 Å². The van der Waals surface area contributed by atoms with Crippen molar-refractivity contribution in [2.45, 2.75) is 18.2 Å². The minimum atomic E-state index is -0.609. The molecule has 0 N–H and O–H groups in total. The number of aryl methyl sites for hydroxylation is 1. The molecule has 2 aromatic carbocycles. The van der Waals surface area contributed by atoms with Crippen molar-refractivity contribution in [2.24, 2.45) is 0 Å². The zero-order chi connectivity index (χ0) is 15.6. The van der Waals surface area contributed by atoms with Crippen molar-refractivity contribution in [1.82, 2.24) is 0 Å². The van der Waals surface area contributed by atoms with Crippen LogP contribution in [0.1, 0.15) is 21.5 Å². The van der Waals surface area contributed by atoms with Gasteiger partial charge in [-0.05, 0) is 30.5 Å². The van der Waals surface area contributed by atoms with Gasteiger partial charge in [-0.15, -0.1) is 0 Å². The van der Waals surface area contributed by atoms with E-state index in [9.17, 15) is 18.9 Å². The molecule has 0 fully saturated rings. The van der Waals surface area contributed by atoms with Crippen LogP contribution in [0, 0.1) is 28.7 Å². The molecule has 0 aliphatic rings. The number of nitrogens with zero attached hydrogens (tertiary/aromatic N) is 1. The third kappa shape index (κ3) is 3.44. The normalized spacial score (nSPS) is 12.2. The van der Waals surface area contributed by atoms with Crippen molar-refractivity contribution < 1.29 is 13.7 Å². The lowest BCUT2D eigenvalue weighted by Crippen LogP contribution is -2.04. The van der Waals surface area contributed by atoms with Gasteiger partial charge in [-0.1, -0.05) is 34.1 Å². The number of hydrogen-bond acceptors (Lipinski definition) is 2. The Bertz CT molecular complexity index is 674. The van der Waals surface area contributed by atoms with Crippen LogP contribution >= 0.6 is 15.9 Å². The zero-order valence-corrected chi connectivity index (χ0v) is 12.7. The van der Waals surface area contributed by atoms with E-state index in [2.05, 4.69) is 15.9 Å². The fraction of sp³-hybridized carbons (Fsp3) is 0.200. The Hall–Kier alpha value is -1.82. The highest BCUT2D eigenvalue weighted by molar-refractivity contribution is 9.09. The fourth-order valence-corrected chi connectivity index (χ4v) is 2.82. The summed E-state index contributed by atoms with van der Waals surface area (Å²) >= 11 is 3.29. The van der Waals surface area contributed by atoms with Gasteiger partial charge in [-0.3, -0.25) is 10.1 Å². The summed E-state index contributed by atoms with van der Waals surface area (Å²) in [5, 5.41) is 10.6. The lowest BCUT2D eigenvalue weighted by atomic mass is 10.0. The van der Waals surface area contributed by atoms with Gasteiger partial charge in [-0.2, -0.15) is 0 Å². The number of rotatable bonds is 4. The topological polar surface area (TPSA) is 43.1 Å². The lowest BCUT2D eigenvalue weighted by molar-refractivity contribution is -0.384. The third-order valence-electron chi connectivity index (χ3n) is 3.19. The highest BCUT2D eigenvalue weighted by Gasteiger charge is 2.20. The van der Waals surface area contributed by atoms with Gasteiger partial charge in [0.1, 0.15) is 11.6 Å². The number of hydrogen-bond donors (Lipinski definition) is 0. The van der Waals surface area contributed by atoms with Gasteiger partial charge in [0, 0.05) is 22.5 Å². The second-order valence-electron chi connectivity index (χ2n) is 4.69. The summed E-state index contributed by atoms with van der Waals surface area (Å²) in [5.41, 5.74) is 1.09. The molecule has 6 heteroatoms. The average Bonchev–Trinajstić information content (AvgIpc) is 2.44. The summed E-state index contributed by atoms with van der Waals surface area (Å²) in [5.74, 6) is -1.18. The van der Waals surface area contributed by atoms with E-state index in [0.717, 1.165) is 5.56 Å². The lowest BCUT2D eigenvalue weighted by Gasteiger charge is -2.13. The summed E-state index contributed by atoms with van der Waals surface area (Å²) in [6.07, 6.45) is 0.329. The van der Waals surface area contributed by atoms with Crippen LogP contribution in [0.15, 0.2) is 36.4 Å². The molecule has 2 rings (SSSR count). The molecule has 2 aromatic rings. The van der Waals surface area contributed by atoms with Gasteiger partial charge in [0.15, 0.2) is 0 Å². The Morgan fingerprint density at radius 1 is 1.19 bits per heavy atom. The second kappa shape index (κ2) is 6.30. The van der Waals surface area contributed by atoms with Gasteiger partial charge in [0.25, 0.3) is 5.69 Å². The number of nitro benzene ring substituents is 1. The Kier molecular flexibility index (Phi) is 4.67. The maximum absolute atomic E-state index is 14.0. The SMILES string of the molecule is Cc1ccc(F)c(C(Br)Cc2ccc([N+](=O)[O-])cc2)c1F. The van der Waals surface area contributed by atoms with Crippen molar-refractivity contribution in [3.05, 3.63) is 74.8 Å². The molecule has 0 heterocycles. The van der Waals surface area contributed by atoms with Gasteiger partial charge in [-0.25, -0.2) is 8.78 Å². The van der Waals surface area contributed by atoms with Crippen LogP contribution < -0.4 is 0 Å². The van der Waals surface area contributed by atoms with Crippen molar-refractivity contribution >= 4 is 21.6 Å². The van der Waals surface area contributed by atoms with E-state index >= 15 is 0 Å². The Balaban J connectivity index is 2.24. The van der Waals surface area contributed by atoms with Crippen molar-refractivity contribution in [2.75, 3.05) is 0 Å². The van der Waals surface area contributed by atoms with E-state index in [1.165, 1.54) is 24.3 Å². The fourth-order valence-electron chi connectivity index (χ4n) is 2.03. The molecule has 0 aromatic heterocycles. The summed E-state index contributed by atoms with van der Waals surface area (Å²) in [7, 11) is 0. The molecule has 0 radical (unpaired) electrons. The number of benzene rings is 2. The van der Waals surface area contributed by atoms with Crippen LogP contribution in [0.4, 0.5) is 14.5 Å². The van der Waals surface area contributed by atoms with E-state index in [4.69, 9.17) is 0 Å². The first-order valence-corrected chi connectivity index (χ1v) is 7.13. The molecule has 110 valence electrons. The Morgan fingerprint density at radius 2 is 1.81 bits per heavy atom. The highest BCUT2D eigenvalue weighted by Crippen LogP contribution is 2.32. The first kappa shape index (κ1) is 15.6. The Labute approximate surface area is 128 Å². The molecule has 0 aliphatic carbocycles. The summed E-state index contributed by atoms with van der Waals surface area (Å²) < 4.78 is 27.8. The van der Waals surface area contributed by atoms with E-state index in [1.807, 2.05) is 0 Å². The quantitative estimate of drug-likeness (QED) is 0.446. The van der Waals surface area contributed by atoms with Crippen LogP contribution in [-0.4, -0.2) is 4.92 Å². The maximum atomic E-state index is 14.0. The number of non-ortho nitro benzene ring substituents is 1. The van der Waals surface area contributed by atoms with Crippen molar-refractivity contribution in [3.8, 4) is 0 Å². The molecular weight excluding hydrogens is 344 g/mol. The monoisotopic (exact) mass is 355 g/mol. The van der Waals surface area contributed by atoms with Gasteiger partial charge >= 0.3 is 0 Å². The molecule has 0 amide bonds. The van der Waals surface area contributed by atoms with Gasteiger partial charge < -0.3 is 0 Å². The summed E-state index contributed by atoms with van der Waals surface area (Å²) in [6.45, 7) is 1.57. The second-order valence-corrected chi connectivity index (χ2v) is 5.79. The van der Waals surface area contributed by atoms with Crippen LogP contribution in [0.25, 0.3) is 0 Å². The predicted molar refractivity (Wildman–Crippen MR) is 79.6 cm³/mol. The summed E-state index contributed by atoms with van der Waals surface area (Å²) in [6, 6.07) is 8.53. The Morgan fingerprint density at radius 3 is 2.38 bits per heavy atom. The largest absolute Gasteiger partial charge is 0.269 e. The zero-order valence-electron chi connectivity index (χ0n) is 11.1. The standard InChI is InChI=1S/C15H12BrF2NO2/c1-9-2-7-13(17)14(15(9)18)12(16)8-10-3-5-11(6-4-10)19(20)21/h2-7,12H,8H2,1H3. The smallest absolute Gasteiger partial charge is 0.258 e. The summed E-state index contributed by atoms with van der Waals surface area (Å²) in [4.78, 5) is 9.55. The van der Waals surface area contributed by atoms with E-state index < -0.39 is 21.4 Å². The molecule has 0 spiro atoms. The number of alkyl halides is 1. The van der Waals surface area contributed by atoms with Crippen molar-refractivity contribution in [3.63, 3.8) is 0 Å². The molecule has 0 saturated heterocycles. The third-order valence-corrected chi connectivity index (χ3v) is 3.98. The average molecular weight is 356 g/mol. The van der Waals surface area contributed by atoms with Crippen LogP contribution in [-0.2, 0) is 6.42 Å². The first-order valence-electron chi connectivity index (χ1n) is 6.22. The van der Waals surface area contributed by atoms with E-state index in [0.29, 0.717) is 12.0 Å². The molecule has 0 saturated carbocycles. The molecule has 0 aliphatic heterocycles. The molecular formula is C15H12BrF2NO2. The van der Waals surface area contributed by atoms with Crippen LogP contribution in [0.5, 0.6) is 0 Å². The minimum Gasteiger partial charge on any atom is -0.258 e. The molecule has 1 atom stereocenters. The van der Waals surface area contributed by atoms with E-state index in [1.54, 1.807) is 19.1 Å².